The summed E-state index contributed by atoms with van der Waals surface area (Å²) in [5, 5.41) is 2.91. The molecule has 7 heteroatoms. The maximum atomic E-state index is 12.6. The first-order chi connectivity index (χ1) is 12.3. The number of rotatable bonds is 6. The lowest BCUT2D eigenvalue weighted by Crippen LogP contribution is -2.39. The highest BCUT2D eigenvalue weighted by molar-refractivity contribution is 7.89. The molecule has 26 heavy (non-hydrogen) atoms. The average molecular weight is 380 g/mol. The van der Waals surface area contributed by atoms with Gasteiger partial charge < -0.3 is 10.2 Å². The van der Waals surface area contributed by atoms with Gasteiger partial charge in [0.1, 0.15) is 0 Å². The minimum Gasteiger partial charge on any atom is -0.353 e. The van der Waals surface area contributed by atoms with Crippen molar-refractivity contribution in [2.24, 2.45) is 5.92 Å². The van der Waals surface area contributed by atoms with Crippen LogP contribution in [0.5, 0.6) is 0 Å². The summed E-state index contributed by atoms with van der Waals surface area (Å²) >= 11 is 0. The summed E-state index contributed by atoms with van der Waals surface area (Å²) in [5.74, 6) is 0.722. The Morgan fingerprint density at radius 3 is 2.58 bits per heavy atom. The second kappa shape index (κ2) is 8.06. The Bertz CT molecular complexity index is 755. The monoisotopic (exact) mass is 379 g/mol. The Kier molecular flexibility index (Phi) is 5.99. The van der Waals surface area contributed by atoms with Gasteiger partial charge in [-0.1, -0.05) is 13.0 Å². The predicted molar refractivity (Wildman–Crippen MR) is 101 cm³/mol. The van der Waals surface area contributed by atoms with Crippen LogP contribution in [-0.4, -0.2) is 51.4 Å². The molecule has 1 aromatic rings. The maximum Gasteiger partial charge on any atom is 0.240 e. The fraction of sp³-hybridized carbons (Fsp3) is 0.632. The van der Waals surface area contributed by atoms with E-state index in [9.17, 15) is 13.2 Å². The van der Waals surface area contributed by atoms with Crippen molar-refractivity contribution in [2.75, 3.05) is 26.2 Å². The normalized spacial score (nSPS) is 21.5. The van der Waals surface area contributed by atoms with E-state index in [0.717, 1.165) is 43.1 Å². The number of benzene rings is 1. The van der Waals surface area contributed by atoms with Crippen molar-refractivity contribution in [2.45, 2.75) is 50.5 Å². The Labute approximate surface area is 156 Å². The van der Waals surface area contributed by atoms with Gasteiger partial charge >= 0.3 is 0 Å². The van der Waals surface area contributed by atoms with E-state index in [2.05, 4.69) is 21.9 Å². The molecule has 2 N–H and O–H groups in total. The maximum absolute atomic E-state index is 12.6. The Morgan fingerprint density at radius 2 is 1.88 bits per heavy atom. The zero-order chi connectivity index (χ0) is 18.7. The molecule has 1 heterocycles. The van der Waals surface area contributed by atoms with E-state index in [4.69, 9.17) is 0 Å². The van der Waals surface area contributed by atoms with Gasteiger partial charge in [-0.2, -0.15) is 0 Å². The van der Waals surface area contributed by atoms with Gasteiger partial charge in [0.25, 0.3) is 0 Å². The molecule has 1 saturated heterocycles. The van der Waals surface area contributed by atoms with E-state index in [1.54, 1.807) is 12.1 Å². The molecule has 6 nitrogen and oxygen atoms in total. The van der Waals surface area contributed by atoms with Gasteiger partial charge in [0.05, 0.1) is 4.90 Å². The van der Waals surface area contributed by atoms with E-state index in [1.165, 1.54) is 19.8 Å². The number of carbonyl (C=O) groups excluding carboxylic acids is 1. The highest BCUT2D eigenvalue weighted by Crippen LogP contribution is 2.25. The van der Waals surface area contributed by atoms with Crippen molar-refractivity contribution in [3.05, 3.63) is 29.3 Å². The first kappa shape index (κ1) is 19.3. The Balaban J connectivity index is 1.56. The Morgan fingerprint density at radius 1 is 1.19 bits per heavy atom. The number of hydrogen-bond acceptors (Lipinski definition) is 4. The smallest absolute Gasteiger partial charge is 0.240 e. The molecule has 1 amide bonds. The van der Waals surface area contributed by atoms with Crippen molar-refractivity contribution in [3.63, 3.8) is 0 Å². The number of likely N-dealkylation sites (tertiary alicyclic amines) is 1. The molecule has 2 aliphatic rings. The number of nitrogens with zero attached hydrogens (tertiary/aromatic N) is 1. The van der Waals surface area contributed by atoms with Gasteiger partial charge in [-0.15, -0.1) is 0 Å². The lowest BCUT2D eigenvalue weighted by molar-refractivity contribution is -0.119. The van der Waals surface area contributed by atoms with Crippen LogP contribution in [-0.2, 0) is 27.7 Å². The standard InChI is InChI=1S/C19H29N3O3S/c1-14-5-8-22(9-6-14)10-7-20-26(24,25)19-4-3-16-11-18(21-15(2)23)12-17(16)13-19/h3-4,13-14,18,20H,5-12H2,1-2H3,(H,21,23). The van der Waals surface area contributed by atoms with E-state index in [-0.39, 0.29) is 11.9 Å². The number of hydrogen-bond donors (Lipinski definition) is 2. The van der Waals surface area contributed by atoms with Crippen LogP contribution >= 0.6 is 0 Å². The van der Waals surface area contributed by atoms with Crippen LogP contribution in [0.1, 0.15) is 37.8 Å². The lowest BCUT2D eigenvalue weighted by Gasteiger charge is -2.30. The number of nitrogens with one attached hydrogen (secondary N) is 2. The summed E-state index contributed by atoms with van der Waals surface area (Å²) in [6, 6.07) is 5.36. The highest BCUT2D eigenvalue weighted by Gasteiger charge is 2.24. The van der Waals surface area contributed by atoms with Gasteiger partial charge in [0.2, 0.25) is 15.9 Å². The third kappa shape index (κ3) is 4.84. The molecule has 1 aliphatic heterocycles. The first-order valence-corrected chi connectivity index (χ1v) is 10.9. The molecule has 144 valence electrons. The minimum absolute atomic E-state index is 0.0515. The third-order valence-corrected chi connectivity index (χ3v) is 6.88. The molecule has 1 atom stereocenters. The van der Waals surface area contributed by atoms with Crippen molar-refractivity contribution >= 4 is 15.9 Å². The van der Waals surface area contributed by atoms with Gasteiger partial charge in [0.15, 0.2) is 0 Å². The van der Waals surface area contributed by atoms with Crippen molar-refractivity contribution in [3.8, 4) is 0 Å². The van der Waals surface area contributed by atoms with Crippen molar-refractivity contribution in [1.82, 2.24) is 14.9 Å². The number of sulfonamides is 1. The molecule has 0 aromatic heterocycles. The summed E-state index contributed by atoms with van der Waals surface area (Å²) in [4.78, 5) is 13.9. The van der Waals surface area contributed by atoms with Gasteiger partial charge in [0, 0.05) is 26.1 Å². The molecule has 1 aliphatic carbocycles. The van der Waals surface area contributed by atoms with Crippen LogP contribution < -0.4 is 10.0 Å². The van der Waals surface area contributed by atoms with Gasteiger partial charge in [-0.05, 0) is 68.0 Å². The summed E-state index contributed by atoms with van der Waals surface area (Å²) < 4.78 is 27.9. The predicted octanol–water partition coefficient (Wildman–Crippen LogP) is 1.30. The zero-order valence-electron chi connectivity index (χ0n) is 15.6. The highest BCUT2D eigenvalue weighted by atomic mass is 32.2. The largest absolute Gasteiger partial charge is 0.353 e. The second-order valence-electron chi connectivity index (χ2n) is 7.66. The van der Waals surface area contributed by atoms with E-state index >= 15 is 0 Å². The summed E-state index contributed by atoms with van der Waals surface area (Å²) in [6.45, 7) is 7.05. The third-order valence-electron chi connectivity index (χ3n) is 5.42. The zero-order valence-corrected chi connectivity index (χ0v) is 16.4. The summed E-state index contributed by atoms with van der Waals surface area (Å²) in [6.07, 6.45) is 3.82. The molecule has 1 fully saturated rings. The van der Waals surface area contributed by atoms with Crippen molar-refractivity contribution in [1.29, 1.82) is 0 Å². The van der Waals surface area contributed by atoms with E-state index < -0.39 is 10.0 Å². The Hall–Kier alpha value is -1.44. The SMILES string of the molecule is CC(=O)NC1Cc2ccc(S(=O)(=O)NCCN3CCC(C)CC3)cc2C1. The number of piperidine rings is 1. The summed E-state index contributed by atoms with van der Waals surface area (Å²) in [7, 11) is -3.50. The molecule has 0 saturated carbocycles. The van der Waals surface area contributed by atoms with Crippen LogP contribution in [0.15, 0.2) is 23.1 Å². The lowest BCUT2D eigenvalue weighted by atomic mass is 9.99. The number of amides is 1. The number of carbonyl (C=O) groups is 1. The van der Waals surface area contributed by atoms with Crippen LogP contribution in [0.3, 0.4) is 0 Å². The molecule has 3 rings (SSSR count). The van der Waals surface area contributed by atoms with Crippen molar-refractivity contribution < 1.29 is 13.2 Å². The van der Waals surface area contributed by atoms with E-state index in [0.29, 0.717) is 17.9 Å². The van der Waals surface area contributed by atoms with Crippen LogP contribution in [0, 0.1) is 5.92 Å². The minimum atomic E-state index is -3.50. The first-order valence-electron chi connectivity index (χ1n) is 9.44. The van der Waals surface area contributed by atoms with Gasteiger partial charge in [-0.3, -0.25) is 4.79 Å². The topological polar surface area (TPSA) is 78.5 Å². The molecular weight excluding hydrogens is 350 g/mol. The molecule has 0 radical (unpaired) electrons. The molecule has 0 bridgehead atoms. The average Bonchev–Trinajstić information content (AvgIpc) is 2.97. The molecule has 1 unspecified atom stereocenters. The van der Waals surface area contributed by atoms with Crippen LogP contribution in [0.4, 0.5) is 0 Å². The fourth-order valence-electron chi connectivity index (χ4n) is 3.86. The molecule has 1 aromatic carbocycles. The second-order valence-corrected chi connectivity index (χ2v) is 9.43. The van der Waals surface area contributed by atoms with Crippen LogP contribution in [0.2, 0.25) is 0 Å². The number of fused-ring (bicyclic) bond motifs is 1. The summed E-state index contributed by atoms with van der Waals surface area (Å²) in [5.41, 5.74) is 2.13. The van der Waals surface area contributed by atoms with Gasteiger partial charge in [-0.25, -0.2) is 13.1 Å². The fourth-order valence-corrected chi connectivity index (χ4v) is 4.93. The van der Waals surface area contributed by atoms with E-state index in [1.807, 2.05) is 6.07 Å². The molecule has 0 spiro atoms. The quantitative estimate of drug-likeness (QED) is 0.781. The van der Waals surface area contributed by atoms with Crippen LogP contribution in [0.25, 0.3) is 0 Å². The molecular formula is C19H29N3O3S.